The van der Waals surface area contributed by atoms with Crippen LogP contribution in [0, 0.1) is 19.7 Å². The molecule has 0 saturated carbocycles. The fraction of sp³-hybridized carbons (Fsp3) is 0.294. The lowest BCUT2D eigenvalue weighted by Gasteiger charge is -2.09. The van der Waals surface area contributed by atoms with Crippen LogP contribution < -0.4 is 5.56 Å². The molecule has 0 radical (unpaired) electrons. The molecule has 0 aliphatic carbocycles. The van der Waals surface area contributed by atoms with Crippen LogP contribution in [0.2, 0.25) is 0 Å². The van der Waals surface area contributed by atoms with Crippen molar-refractivity contribution in [1.29, 1.82) is 0 Å². The summed E-state index contributed by atoms with van der Waals surface area (Å²) in [5.74, 6) is -0.525. The fourth-order valence-corrected chi connectivity index (χ4v) is 2.87. The molecule has 0 amide bonds. The van der Waals surface area contributed by atoms with Crippen LogP contribution in [0.15, 0.2) is 29.1 Å². The highest BCUT2D eigenvalue weighted by Crippen LogP contribution is 2.33. The van der Waals surface area contributed by atoms with Gasteiger partial charge in [-0.1, -0.05) is 17.7 Å². The molecule has 0 bridgehead atoms. The Labute approximate surface area is 140 Å². The minimum absolute atomic E-state index is 0.0783. The highest BCUT2D eigenvalue weighted by molar-refractivity contribution is 5.79. The van der Waals surface area contributed by atoms with Crippen molar-refractivity contribution in [3.8, 4) is 0 Å². The molecule has 0 N–H and O–H groups in total. The van der Waals surface area contributed by atoms with Crippen molar-refractivity contribution in [1.82, 2.24) is 14.3 Å². The Kier molecular flexibility index (Phi) is 3.93. The van der Waals surface area contributed by atoms with Crippen molar-refractivity contribution in [2.24, 2.45) is 7.05 Å². The lowest BCUT2D eigenvalue weighted by molar-refractivity contribution is -0.136. The number of pyridine rings is 1. The molecule has 3 aromatic rings. The third kappa shape index (κ3) is 2.92. The first-order chi connectivity index (χ1) is 11.6. The van der Waals surface area contributed by atoms with Gasteiger partial charge in [-0.2, -0.15) is 13.2 Å². The molecule has 0 atom stereocenters. The van der Waals surface area contributed by atoms with Gasteiger partial charge in [0.05, 0.1) is 17.5 Å². The van der Waals surface area contributed by atoms with Gasteiger partial charge in [0.1, 0.15) is 5.82 Å². The lowest BCUT2D eigenvalue weighted by atomic mass is 10.1. The van der Waals surface area contributed by atoms with Gasteiger partial charge in [-0.3, -0.25) is 9.48 Å². The van der Waals surface area contributed by atoms with E-state index in [2.05, 4.69) is 4.98 Å². The predicted octanol–water partition coefficient (Wildman–Crippen LogP) is 3.56. The monoisotopic (exact) mass is 353 g/mol. The largest absolute Gasteiger partial charge is 0.417 e. The highest BCUT2D eigenvalue weighted by Gasteiger charge is 2.36. The van der Waals surface area contributed by atoms with Gasteiger partial charge in [-0.05, 0) is 26.0 Å². The van der Waals surface area contributed by atoms with E-state index >= 15 is 0 Å². The van der Waals surface area contributed by atoms with Crippen molar-refractivity contribution in [3.63, 3.8) is 0 Å². The van der Waals surface area contributed by atoms with E-state index in [0.29, 0.717) is 0 Å². The van der Waals surface area contributed by atoms with E-state index in [9.17, 15) is 22.4 Å². The molecule has 0 aliphatic rings. The van der Waals surface area contributed by atoms with E-state index < -0.39 is 28.5 Å². The third-order valence-electron chi connectivity index (χ3n) is 4.07. The van der Waals surface area contributed by atoms with Gasteiger partial charge in [-0.25, -0.2) is 14.1 Å². The minimum Gasteiger partial charge on any atom is -0.268 e. The van der Waals surface area contributed by atoms with E-state index in [1.807, 2.05) is 0 Å². The fourth-order valence-electron chi connectivity index (χ4n) is 2.87. The SMILES string of the molecule is Cc1ccc(F)c(Cn2c(=O)c3c(C(F)(F)F)cc(C)nc3n2C)c1. The maximum Gasteiger partial charge on any atom is 0.417 e. The number of hydrogen-bond donors (Lipinski definition) is 0. The summed E-state index contributed by atoms with van der Waals surface area (Å²) in [6.45, 7) is 3.01. The third-order valence-corrected chi connectivity index (χ3v) is 4.07. The van der Waals surface area contributed by atoms with Gasteiger partial charge in [-0.15, -0.1) is 0 Å². The Balaban J connectivity index is 2.28. The molecule has 1 aromatic carbocycles. The number of hydrogen-bond acceptors (Lipinski definition) is 2. The first-order valence-corrected chi connectivity index (χ1v) is 7.49. The Bertz CT molecular complexity index is 1030. The molecule has 0 aliphatic heterocycles. The molecule has 2 heterocycles. The Morgan fingerprint density at radius 1 is 1.16 bits per heavy atom. The quantitative estimate of drug-likeness (QED) is 0.661. The standard InChI is InChI=1S/C17H15F4N3O/c1-9-4-5-13(18)11(6-9)8-24-16(25)14-12(17(19,20)21)7-10(2)22-15(14)23(24)3/h4-7H,8H2,1-3H3. The van der Waals surface area contributed by atoms with Crippen LogP contribution in [-0.2, 0) is 19.8 Å². The van der Waals surface area contributed by atoms with Gasteiger partial charge in [0.25, 0.3) is 5.56 Å². The molecule has 132 valence electrons. The Hall–Kier alpha value is -2.64. The van der Waals surface area contributed by atoms with E-state index in [1.165, 1.54) is 24.7 Å². The summed E-state index contributed by atoms with van der Waals surface area (Å²) in [5, 5.41) is -0.506. The number of aromatic nitrogens is 3. The topological polar surface area (TPSA) is 39.8 Å². The molecule has 0 spiro atoms. The summed E-state index contributed by atoms with van der Waals surface area (Å²) in [4.78, 5) is 16.7. The maximum atomic E-state index is 14.0. The van der Waals surface area contributed by atoms with Crippen LogP contribution in [0.1, 0.15) is 22.4 Å². The van der Waals surface area contributed by atoms with Gasteiger partial charge in [0.15, 0.2) is 5.65 Å². The second kappa shape index (κ2) is 5.72. The van der Waals surface area contributed by atoms with Gasteiger partial charge in [0, 0.05) is 18.3 Å². The Morgan fingerprint density at radius 3 is 2.48 bits per heavy atom. The van der Waals surface area contributed by atoms with E-state index in [1.54, 1.807) is 19.1 Å². The molecule has 8 heteroatoms. The zero-order chi connectivity index (χ0) is 18.5. The summed E-state index contributed by atoms with van der Waals surface area (Å²) in [7, 11) is 1.43. The molecule has 0 saturated heterocycles. The highest BCUT2D eigenvalue weighted by atomic mass is 19.4. The predicted molar refractivity (Wildman–Crippen MR) is 85.0 cm³/mol. The van der Waals surface area contributed by atoms with E-state index in [4.69, 9.17) is 0 Å². The molecular weight excluding hydrogens is 338 g/mol. The van der Waals surface area contributed by atoms with Crippen LogP contribution in [-0.4, -0.2) is 14.3 Å². The first-order valence-electron chi connectivity index (χ1n) is 7.49. The molecule has 0 unspecified atom stereocenters. The summed E-state index contributed by atoms with van der Waals surface area (Å²) in [5.41, 5.74) is -0.802. The average molecular weight is 353 g/mol. The van der Waals surface area contributed by atoms with Crippen molar-refractivity contribution in [2.75, 3.05) is 0 Å². The number of aryl methyl sites for hydroxylation is 3. The van der Waals surface area contributed by atoms with Crippen molar-refractivity contribution < 1.29 is 17.6 Å². The van der Waals surface area contributed by atoms with Gasteiger partial charge < -0.3 is 0 Å². The van der Waals surface area contributed by atoms with Crippen molar-refractivity contribution >= 4 is 11.0 Å². The molecule has 4 nitrogen and oxygen atoms in total. The van der Waals surface area contributed by atoms with Crippen LogP contribution in [0.3, 0.4) is 0 Å². The number of halogens is 4. The van der Waals surface area contributed by atoms with Crippen molar-refractivity contribution in [2.45, 2.75) is 26.6 Å². The van der Waals surface area contributed by atoms with Crippen molar-refractivity contribution in [3.05, 3.63) is 62.8 Å². The van der Waals surface area contributed by atoms with Crippen LogP contribution in [0.5, 0.6) is 0 Å². The molecular formula is C17H15F4N3O. The van der Waals surface area contributed by atoms with Crippen LogP contribution in [0.25, 0.3) is 11.0 Å². The zero-order valence-electron chi connectivity index (χ0n) is 13.8. The first kappa shape index (κ1) is 17.2. The average Bonchev–Trinajstić information content (AvgIpc) is 2.74. The molecule has 0 fully saturated rings. The maximum absolute atomic E-state index is 14.0. The van der Waals surface area contributed by atoms with Gasteiger partial charge >= 0.3 is 6.18 Å². The molecule has 2 aromatic heterocycles. The minimum atomic E-state index is -4.68. The smallest absolute Gasteiger partial charge is 0.268 e. The zero-order valence-corrected chi connectivity index (χ0v) is 13.8. The van der Waals surface area contributed by atoms with E-state index in [-0.39, 0.29) is 23.4 Å². The van der Waals surface area contributed by atoms with Gasteiger partial charge in [0.2, 0.25) is 0 Å². The number of nitrogens with zero attached hydrogens (tertiary/aromatic N) is 3. The normalized spacial score (nSPS) is 12.1. The second-order valence-electron chi connectivity index (χ2n) is 5.99. The molecule has 25 heavy (non-hydrogen) atoms. The van der Waals surface area contributed by atoms with Crippen LogP contribution >= 0.6 is 0 Å². The number of fused-ring (bicyclic) bond motifs is 1. The number of rotatable bonds is 2. The van der Waals surface area contributed by atoms with E-state index in [0.717, 1.165) is 16.3 Å². The molecule has 3 rings (SSSR count). The van der Waals surface area contributed by atoms with Crippen LogP contribution in [0.4, 0.5) is 17.6 Å². The summed E-state index contributed by atoms with van der Waals surface area (Å²) < 4.78 is 56.2. The number of benzene rings is 1. The lowest BCUT2D eigenvalue weighted by Crippen LogP contribution is -2.23. The summed E-state index contributed by atoms with van der Waals surface area (Å²) in [6.07, 6.45) is -4.68. The number of alkyl halides is 3. The Morgan fingerprint density at radius 2 is 1.84 bits per heavy atom. The summed E-state index contributed by atoms with van der Waals surface area (Å²) in [6, 6.07) is 5.25. The summed E-state index contributed by atoms with van der Waals surface area (Å²) >= 11 is 0. The second-order valence-corrected chi connectivity index (χ2v) is 5.99.